The predicted molar refractivity (Wildman–Crippen MR) is 104 cm³/mol. The molecule has 1 heterocycles. The Balaban J connectivity index is 1.87. The molecule has 6 nitrogen and oxygen atoms in total. The summed E-state index contributed by atoms with van der Waals surface area (Å²) in [7, 11) is -3.25. The van der Waals surface area contributed by atoms with E-state index in [9.17, 15) is 34.8 Å². The molecule has 0 unspecified atom stereocenters. The fraction of sp³-hybridized carbons (Fsp3) is 0.200. The minimum Gasteiger partial charge on any atom is -0.497 e. The van der Waals surface area contributed by atoms with Gasteiger partial charge >= 0.3 is 12.4 Å². The number of nitrogens with one attached hydrogen (secondary N) is 1. The SMILES string of the molecule is COc1ccc(-c2cc(CNS(=O)(=O)c3cc(C(F)(F)F)cc(C(F)(F)F)c3)ncn2)cc1. The summed E-state index contributed by atoms with van der Waals surface area (Å²) in [5, 5.41) is 0. The first-order valence-corrected chi connectivity index (χ1v) is 10.5. The molecule has 0 saturated carbocycles. The number of aromatic nitrogens is 2. The van der Waals surface area contributed by atoms with Crippen LogP contribution in [0.2, 0.25) is 0 Å². The summed E-state index contributed by atoms with van der Waals surface area (Å²) in [5.74, 6) is 0.597. The lowest BCUT2D eigenvalue weighted by atomic mass is 10.1. The van der Waals surface area contributed by atoms with Crippen LogP contribution >= 0.6 is 0 Å². The van der Waals surface area contributed by atoms with Gasteiger partial charge < -0.3 is 4.74 Å². The van der Waals surface area contributed by atoms with Crippen molar-refractivity contribution >= 4 is 10.0 Å². The molecular formula is C20H15F6N3O3S. The Labute approximate surface area is 184 Å². The van der Waals surface area contributed by atoms with Gasteiger partial charge in [0.05, 0.1) is 41.1 Å². The highest BCUT2D eigenvalue weighted by Gasteiger charge is 2.38. The van der Waals surface area contributed by atoms with Crippen molar-refractivity contribution in [3.05, 3.63) is 71.7 Å². The first-order chi connectivity index (χ1) is 15.3. The van der Waals surface area contributed by atoms with E-state index in [1.165, 1.54) is 13.2 Å². The van der Waals surface area contributed by atoms with Crippen LogP contribution in [0.1, 0.15) is 16.8 Å². The number of hydrogen-bond acceptors (Lipinski definition) is 5. The van der Waals surface area contributed by atoms with Crippen molar-refractivity contribution in [1.82, 2.24) is 14.7 Å². The second-order valence-electron chi connectivity index (χ2n) is 6.69. The van der Waals surface area contributed by atoms with Gasteiger partial charge in [-0.3, -0.25) is 0 Å². The number of ether oxygens (including phenoxy) is 1. The maximum atomic E-state index is 13.0. The van der Waals surface area contributed by atoms with Crippen LogP contribution in [0.15, 0.2) is 59.8 Å². The molecule has 0 radical (unpaired) electrons. The summed E-state index contributed by atoms with van der Waals surface area (Å²) < 4.78 is 110. The molecule has 0 aliphatic rings. The van der Waals surface area contributed by atoms with Crippen LogP contribution in [0, 0.1) is 0 Å². The molecule has 0 fully saturated rings. The van der Waals surface area contributed by atoms with Crippen LogP contribution in [0.25, 0.3) is 11.3 Å². The molecule has 0 spiro atoms. The monoisotopic (exact) mass is 491 g/mol. The fourth-order valence-corrected chi connectivity index (χ4v) is 3.82. The van der Waals surface area contributed by atoms with Crippen LogP contribution in [0.5, 0.6) is 5.75 Å². The number of nitrogens with zero attached hydrogens (tertiary/aromatic N) is 2. The van der Waals surface area contributed by atoms with Gasteiger partial charge in [-0.25, -0.2) is 23.1 Å². The van der Waals surface area contributed by atoms with E-state index >= 15 is 0 Å². The molecule has 0 amide bonds. The molecule has 2 aromatic carbocycles. The van der Waals surface area contributed by atoms with E-state index < -0.39 is 44.9 Å². The van der Waals surface area contributed by atoms with E-state index in [4.69, 9.17) is 4.74 Å². The third kappa shape index (κ3) is 5.99. The van der Waals surface area contributed by atoms with Crippen LogP contribution in [-0.2, 0) is 28.9 Å². The highest BCUT2D eigenvalue weighted by molar-refractivity contribution is 7.89. The van der Waals surface area contributed by atoms with Gasteiger partial charge in [-0.2, -0.15) is 26.3 Å². The largest absolute Gasteiger partial charge is 0.497 e. The third-order valence-corrected chi connectivity index (χ3v) is 5.80. The summed E-state index contributed by atoms with van der Waals surface area (Å²) >= 11 is 0. The zero-order valence-corrected chi connectivity index (χ0v) is 17.5. The Bertz CT molecular complexity index is 1210. The lowest BCUT2D eigenvalue weighted by Gasteiger charge is -2.15. The van der Waals surface area contributed by atoms with E-state index in [-0.39, 0.29) is 23.9 Å². The fourth-order valence-electron chi connectivity index (χ4n) is 2.75. The van der Waals surface area contributed by atoms with Crippen LogP contribution < -0.4 is 9.46 Å². The van der Waals surface area contributed by atoms with Crippen LogP contribution in [-0.4, -0.2) is 25.5 Å². The van der Waals surface area contributed by atoms with Crippen molar-refractivity contribution in [2.75, 3.05) is 7.11 Å². The first-order valence-electron chi connectivity index (χ1n) is 9.04. The average molecular weight is 491 g/mol. The lowest BCUT2D eigenvalue weighted by Crippen LogP contribution is -2.25. The summed E-state index contributed by atoms with van der Waals surface area (Å²) in [6.45, 7) is -0.494. The lowest BCUT2D eigenvalue weighted by molar-refractivity contribution is -0.143. The summed E-state index contributed by atoms with van der Waals surface area (Å²) in [6, 6.07) is 8.28. The number of sulfonamides is 1. The maximum absolute atomic E-state index is 13.0. The number of benzene rings is 2. The highest BCUT2D eigenvalue weighted by atomic mass is 32.2. The second-order valence-corrected chi connectivity index (χ2v) is 8.46. The molecule has 1 aromatic heterocycles. The van der Waals surface area contributed by atoms with E-state index in [1.807, 2.05) is 4.72 Å². The van der Waals surface area contributed by atoms with Crippen LogP contribution in [0.3, 0.4) is 0 Å². The zero-order valence-electron chi connectivity index (χ0n) is 16.7. The van der Waals surface area contributed by atoms with Crippen molar-refractivity contribution < 1.29 is 39.5 Å². The van der Waals surface area contributed by atoms with Gasteiger partial charge in [0, 0.05) is 5.56 Å². The summed E-state index contributed by atoms with van der Waals surface area (Å²) in [6.07, 6.45) is -9.20. The number of halogens is 6. The normalized spacial score (nSPS) is 12.6. The van der Waals surface area contributed by atoms with E-state index in [2.05, 4.69) is 9.97 Å². The van der Waals surface area contributed by atoms with Crippen molar-refractivity contribution in [3.8, 4) is 17.0 Å². The summed E-state index contributed by atoms with van der Waals surface area (Å²) in [4.78, 5) is 6.78. The third-order valence-electron chi connectivity index (χ3n) is 4.42. The number of methoxy groups -OCH3 is 1. The quantitative estimate of drug-likeness (QED) is 0.507. The van der Waals surface area contributed by atoms with Gasteiger partial charge in [0.2, 0.25) is 10.0 Å². The number of alkyl halides is 6. The average Bonchev–Trinajstić information content (AvgIpc) is 2.76. The zero-order chi connectivity index (χ0) is 24.4. The van der Waals surface area contributed by atoms with E-state index in [1.54, 1.807) is 24.3 Å². The summed E-state index contributed by atoms with van der Waals surface area (Å²) in [5.41, 5.74) is -2.26. The Hall–Kier alpha value is -3.19. The van der Waals surface area contributed by atoms with Gasteiger partial charge in [0.25, 0.3) is 0 Å². The molecule has 3 rings (SSSR count). The molecule has 0 aliphatic carbocycles. The Morgan fingerprint density at radius 1 is 0.879 bits per heavy atom. The standard InChI is InChI=1S/C20H15F6N3O3S/c1-32-16-4-2-12(3-5-16)18-9-15(27-11-28-18)10-29-33(30,31)17-7-13(19(21,22)23)6-14(8-17)20(24,25)26/h2-9,11,29H,10H2,1H3. The molecule has 0 atom stereocenters. The predicted octanol–water partition coefficient (Wildman–Crippen LogP) is 4.67. The smallest absolute Gasteiger partial charge is 0.416 e. The maximum Gasteiger partial charge on any atom is 0.416 e. The molecule has 13 heteroatoms. The molecule has 3 aromatic rings. The van der Waals surface area contributed by atoms with Crippen LogP contribution in [0.4, 0.5) is 26.3 Å². The Kier molecular flexibility index (Phi) is 6.65. The molecule has 1 N–H and O–H groups in total. The molecule has 0 saturated heterocycles. The van der Waals surface area contributed by atoms with Crippen molar-refractivity contribution in [1.29, 1.82) is 0 Å². The second kappa shape index (κ2) is 8.98. The van der Waals surface area contributed by atoms with E-state index in [0.29, 0.717) is 17.0 Å². The van der Waals surface area contributed by atoms with Gasteiger partial charge in [-0.1, -0.05) is 0 Å². The molecule has 33 heavy (non-hydrogen) atoms. The highest BCUT2D eigenvalue weighted by Crippen LogP contribution is 2.37. The number of hydrogen-bond donors (Lipinski definition) is 1. The van der Waals surface area contributed by atoms with Gasteiger partial charge in [0.15, 0.2) is 0 Å². The Morgan fingerprint density at radius 3 is 1.97 bits per heavy atom. The topological polar surface area (TPSA) is 81.2 Å². The van der Waals surface area contributed by atoms with E-state index in [0.717, 1.165) is 6.33 Å². The first kappa shape index (κ1) is 24.5. The molecule has 0 bridgehead atoms. The molecule has 0 aliphatic heterocycles. The van der Waals surface area contributed by atoms with Crippen molar-refractivity contribution in [2.45, 2.75) is 23.8 Å². The van der Waals surface area contributed by atoms with Gasteiger partial charge in [0.1, 0.15) is 12.1 Å². The van der Waals surface area contributed by atoms with Gasteiger partial charge in [-0.05, 0) is 48.5 Å². The van der Waals surface area contributed by atoms with Crippen molar-refractivity contribution in [2.24, 2.45) is 0 Å². The minimum absolute atomic E-state index is 0.139. The molecule has 176 valence electrons. The van der Waals surface area contributed by atoms with Gasteiger partial charge in [-0.15, -0.1) is 0 Å². The van der Waals surface area contributed by atoms with Crippen molar-refractivity contribution in [3.63, 3.8) is 0 Å². The Morgan fingerprint density at radius 2 is 1.45 bits per heavy atom. The molecular weight excluding hydrogens is 476 g/mol. The number of rotatable bonds is 6. The minimum atomic E-state index is -5.18.